The quantitative estimate of drug-likeness (QED) is 0.790. The summed E-state index contributed by atoms with van der Waals surface area (Å²) in [5, 5.41) is 0. The zero-order chi connectivity index (χ0) is 12.3. The molecule has 0 spiro atoms. The molecule has 4 aliphatic carbocycles. The summed E-state index contributed by atoms with van der Waals surface area (Å²) in [7, 11) is 0. The predicted molar refractivity (Wildman–Crippen MR) is 72.6 cm³/mol. The second kappa shape index (κ2) is 3.73. The average molecular weight is 235 g/mol. The van der Waals surface area contributed by atoms with Gasteiger partial charge < -0.3 is 5.73 Å². The highest BCUT2D eigenvalue weighted by Gasteiger charge is 2.58. The molecule has 2 N–H and O–H groups in total. The van der Waals surface area contributed by atoms with Gasteiger partial charge in [0, 0.05) is 0 Å². The molecule has 4 aliphatic rings. The van der Waals surface area contributed by atoms with Crippen LogP contribution in [0.4, 0.5) is 0 Å². The van der Waals surface area contributed by atoms with Crippen LogP contribution in [0.25, 0.3) is 0 Å². The van der Waals surface area contributed by atoms with Gasteiger partial charge in [0.05, 0.1) is 0 Å². The summed E-state index contributed by atoms with van der Waals surface area (Å²) in [5.41, 5.74) is 7.21. The van der Waals surface area contributed by atoms with E-state index < -0.39 is 0 Å². The van der Waals surface area contributed by atoms with Gasteiger partial charge in [0.15, 0.2) is 0 Å². The number of nitrogens with two attached hydrogens (primary N) is 1. The molecule has 0 amide bonds. The zero-order valence-corrected chi connectivity index (χ0v) is 11.8. The zero-order valence-electron chi connectivity index (χ0n) is 11.8. The van der Waals surface area contributed by atoms with Crippen molar-refractivity contribution in [3.63, 3.8) is 0 Å². The van der Waals surface area contributed by atoms with Crippen molar-refractivity contribution in [2.24, 2.45) is 40.2 Å². The molecule has 0 aromatic carbocycles. The van der Waals surface area contributed by atoms with Crippen LogP contribution in [0, 0.1) is 34.5 Å². The predicted octanol–water partition coefficient (Wildman–Crippen LogP) is 3.82. The number of hydrogen-bond donors (Lipinski definition) is 1. The molecule has 1 nitrogen and oxygen atoms in total. The van der Waals surface area contributed by atoms with E-state index >= 15 is 0 Å². The Morgan fingerprint density at radius 2 is 1.47 bits per heavy atom. The molecule has 0 aromatic rings. The van der Waals surface area contributed by atoms with Crippen molar-refractivity contribution in [1.29, 1.82) is 0 Å². The summed E-state index contributed by atoms with van der Waals surface area (Å²) in [6.45, 7) is 8.17. The van der Waals surface area contributed by atoms with E-state index in [4.69, 9.17) is 5.73 Å². The number of rotatable bonds is 3. The highest BCUT2D eigenvalue weighted by molar-refractivity contribution is 5.09. The molecule has 4 fully saturated rings. The Labute approximate surface area is 107 Å². The van der Waals surface area contributed by atoms with Gasteiger partial charge >= 0.3 is 0 Å². The van der Waals surface area contributed by atoms with Crippen LogP contribution in [0.3, 0.4) is 0 Å². The average Bonchev–Trinajstić information content (AvgIpc) is 2.25. The van der Waals surface area contributed by atoms with Crippen LogP contribution in [-0.4, -0.2) is 6.54 Å². The van der Waals surface area contributed by atoms with Crippen molar-refractivity contribution < 1.29 is 0 Å². The molecular weight excluding hydrogens is 206 g/mol. The van der Waals surface area contributed by atoms with Gasteiger partial charge in [0.2, 0.25) is 0 Å². The summed E-state index contributed by atoms with van der Waals surface area (Å²) in [6, 6.07) is 0. The van der Waals surface area contributed by atoms with Crippen LogP contribution in [0.2, 0.25) is 0 Å². The molecule has 4 bridgehead atoms. The van der Waals surface area contributed by atoms with E-state index in [1.54, 1.807) is 0 Å². The van der Waals surface area contributed by atoms with Crippen LogP contribution in [0.15, 0.2) is 0 Å². The third-order valence-electron chi connectivity index (χ3n) is 6.95. The molecule has 4 saturated carbocycles. The Balaban J connectivity index is 1.95. The molecule has 1 atom stereocenters. The van der Waals surface area contributed by atoms with Gasteiger partial charge in [-0.1, -0.05) is 20.8 Å². The molecule has 0 aliphatic heterocycles. The Kier molecular flexibility index (Phi) is 2.63. The summed E-state index contributed by atoms with van der Waals surface area (Å²) < 4.78 is 0. The Morgan fingerprint density at radius 3 is 1.76 bits per heavy atom. The molecule has 0 saturated heterocycles. The topological polar surface area (TPSA) is 26.0 Å². The smallest absolute Gasteiger partial charge is 0.00154 e. The molecule has 0 aromatic heterocycles. The second-order valence-electron chi connectivity index (χ2n) is 7.97. The van der Waals surface area contributed by atoms with Gasteiger partial charge in [-0.15, -0.1) is 0 Å². The SMILES string of the molecule is CC(C)C(C)(CN)C12CC3CC(CC(C3)C1)C2. The maximum absolute atomic E-state index is 6.23. The number of hydrogen-bond acceptors (Lipinski definition) is 1. The monoisotopic (exact) mass is 235 g/mol. The summed E-state index contributed by atoms with van der Waals surface area (Å²) in [6.07, 6.45) is 9.09. The molecule has 4 rings (SSSR count). The van der Waals surface area contributed by atoms with Crippen molar-refractivity contribution in [2.45, 2.75) is 59.3 Å². The van der Waals surface area contributed by atoms with E-state index in [1.165, 1.54) is 38.5 Å². The molecule has 1 heteroatoms. The molecule has 1 unspecified atom stereocenters. The standard InChI is InChI=1S/C16H29N/c1-11(2)15(3,10-17)16-7-12-4-13(8-16)6-14(5-12)9-16/h11-14H,4-10,17H2,1-3H3. The lowest BCUT2D eigenvalue weighted by Gasteiger charge is -2.64. The maximum atomic E-state index is 6.23. The van der Waals surface area contributed by atoms with Gasteiger partial charge in [0.25, 0.3) is 0 Å². The van der Waals surface area contributed by atoms with E-state index in [1.807, 2.05) is 0 Å². The summed E-state index contributed by atoms with van der Waals surface area (Å²) in [4.78, 5) is 0. The first kappa shape index (κ1) is 12.0. The van der Waals surface area contributed by atoms with Gasteiger partial charge in [-0.3, -0.25) is 0 Å². The Hall–Kier alpha value is -0.0400. The minimum atomic E-state index is 0.378. The molecule has 0 radical (unpaired) electrons. The van der Waals surface area contributed by atoms with Crippen molar-refractivity contribution in [3.05, 3.63) is 0 Å². The summed E-state index contributed by atoms with van der Waals surface area (Å²) >= 11 is 0. The van der Waals surface area contributed by atoms with E-state index in [0.29, 0.717) is 10.8 Å². The van der Waals surface area contributed by atoms with Crippen LogP contribution in [-0.2, 0) is 0 Å². The minimum absolute atomic E-state index is 0.378. The van der Waals surface area contributed by atoms with Crippen molar-refractivity contribution in [3.8, 4) is 0 Å². The van der Waals surface area contributed by atoms with Gasteiger partial charge in [0.1, 0.15) is 0 Å². The van der Waals surface area contributed by atoms with Gasteiger partial charge in [-0.25, -0.2) is 0 Å². The normalized spacial score (nSPS) is 47.5. The maximum Gasteiger partial charge on any atom is -0.00154 e. The van der Waals surface area contributed by atoms with Crippen LogP contribution in [0.1, 0.15) is 59.3 Å². The molecule has 17 heavy (non-hydrogen) atoms. The third kappa shape index (κ3) is 1.54. The first-order chi connectivity index (χ1) is 7.99. The van der Waals surface area contributed by atoms with E-state index in [0.717, 1.165) is 30.2 Å². The summed E-state index contributed by atoms with van der Waals surface area (Å²) in [5.74, 6) is 3.87. The van der Waals surface area contributed by atoms with Crippen LogP contribution >= 0.6 is 0 Å². The lowest BCUT2D eigenvalue weighted by Crippen LogP contribution is -2.57. The highest BCUT2D eigenvalue weighted by Crippen LogP contribution is 2.67. The van der Waals surface area contributed by atoms with Crippen LogP contribution in [0.5, 0.6) is 0 Å². The van der Waals surface area contributed by atoms with Crippen molar-refractivity contribution in [1.82, 2.24) is 0 Å². The van der Waals surface area contributed by atoms with Crippen LogP contribution < -0.4 is 5.73 Å². The van der Waals surface area contributed by atoms with Crippen molar-refractivity contribution >= 4 is 0 Å². The fourth-order valence-corrected chi connectivity index (χ4v) is 5.87. The van der Waals surface area contributed by atoms with Crippen molar-refractivity contribution in [2.75, 3.05) is 6.54 Å². The molecule has 0 heterocycles. The first-order valence-electron chi connectivity index (χ1n) is 7.69. The molecular formula is C16H29N. The Morgan fingerprint density at radius 1 is 1.06 bits per heavy atom. The fraction of sp³-hybridized carbons (Fsp3) is 1.00. The highest BCUT2D eigenvalue weighted by atomic mass is 14.7. The second-order valence-corrected chi connectivity index (χ2v) is 7.97. The minimum Gasteiger partial charge on any atom is -0.330 e. The largest absolute Gasteiger partial charge is 0.330 e. The lowest BCUT2D eigenvalue weighted by atomic mass is 9.41. The first-order valence-corrected chi connectivity index (χ1v) is 7.69. The van der Waals surface area contributed by atoms with Gasteiger partial charge in [-0.2, -0.15) is 0 Å². The lowest BCUT2D eigenvalue weighted by molar-refractivity contribution is -0.138. The van der Waals surface area contributed by atoms with E-state index in [9.17, 15) is 0 Å². The third-order valence-corrected chi connectivity index (χ3v) is 6.95. The molecule has 98 valence electrons. The Bertz CT molecular complexity index is 271. The van der Waals surface area contributed by atoms with E-state index in [-0.39, 0.29) is 0 Å². The van der Waals surface area contributed by atoms with Gasteiger partial charge in [-0.05, 0) is 79.6 Å². The van der Waals surface area contributed by atoms with E-state index in [2.05, 4.69) is 20.8 Å². The fourth-order valence-electron chi connectivity index (χ4n) is 5.87.